The Kier molecular flexibility index (Phi) is 8.01. The molecule has 0 amide bonds. The van der Waals surface area contributed by atoms with Gasteiger partial charge in [-0.15, -0.1) is 11.3 Å². The van der Waals surface area contributed by atoms with Gasteiger partial charge in [0.05, 0.1) is 5.69 Å². The molecular formula is C14H27N3S. The molecule has 0 aromatic carbocycles. The molecule has 1 aromatic rings. The minimum absolute atomic E-state index is 0.891. The van der Waals surface area contributed by atoms with Gasteiger partial charge in [0.1, 0.15) is 0 Å². The number of unbranched alkanes of at least 4 members (excludes halogenated alkanes) is 2. The summed E-state index contributed by atoms with van der Waals surface area (Å²) < 4.78 is 0. The van der Waals surface area contributed by atoms with Crippen LogP contribution in [0.4, 0.5) is 5.13 Å². The van der Waals surface area contributed by atoms with Crippen molar-refractivity contribution in [3.8, 4) is 0 Å². The molecule has 104 valence electrons. The Labute approximate surface area is 116 Å². The van der Waals surface area contributed by atoms with Crippen molar-refractivity contribution >= 4 is 16.5 Å². The third kappa shape index (κ3) is 5.36. The summed E-state index contributed by atoms with van der Waals surface area (Å²) in [5.74, 6) is 0. The van der Waals surface area contributed by atoms with Gasteiger partial charge in [0.2, 0.25) is 0 Å². The Balaban J connectivity index is 2.56. The second-order valence-electron chi connectivity index (χ2n) is 4.60. The molecule has 1 N–H and O–H groups in total. The highest BCUT2D eigenvalue weighted by atomic mass is 32.1. The second kappa shape index (κ2) is 9.34. The summed E-state index contributed by atoms with van der Waals surface area (Å²) in [5, 5.41) is 6.71. The van der Waals surface area contributed by atoms with Crippen LogP contribution in [0.15, 0.2) is 5.38 Å². The van der Waals surface area contributed by atoms with Gasteiger partial charge in [-0.2, -0.15) is 0 Å². The SMILES string of the molecule is CCCCN(CCCC)c1nc(CNCC)cs1. The first-order valence-corrected chi connectivity index (χ1v) is 8.09. The zero-order valence-electron chi connectivity index (χ0n) is 12.0. The van der Waals surface area contributed by atoms with Crippen LogP contribution in [0.5, 0.6) is 0 Å². The fraction of sp³-hybridized carbons (Fsp3) is 0.786. The van der Waals surface area contributed by atoms with Crippen LogP contribution in [-0.2, 0) is 6.54 Å². The first-order chi connectivity index (χ1) is 8.81. The van der Waals surface area contributed by atoms with E-state index in [1.807, 2.05) is 0 Å². The summed E-state index contributed by atoms with van der Waals surface area (Å²) in [6.45, 7) is 10.8. The Morgan fingerprint density at radius 1 is 1.17 bits per heavy atom. The third-order valence-corrected chi connectivity index (χ3v) is 3.88. The molecule has 0 unspecified atom stereocenters. The molecule has 0 aliphatic heterocycles. The zero-order valence-corrected chi connectivity index (χ0v) is 12.9. The molecule has 0 atom stereocenters. The van der Waals surface area contributed by atoms with Crippen molar-refractivity contribution in [2.45, 2.75) is 53.0 Å². The summed E-state index contributed by atoms with van der Waals surface area (Å²) in [6, 6.07) is 0. The zero-order chi connectivity index (χ0) is 13.2. The number of nitrogens with one attached hydrogen (secondary N) is 1. The molecule has 4 heteroatoms. The quantitative estimate of drug-likeness (QED) is 0.702. The minimum Gasteiger partial charge on any atom is -0.348 e. The third-order valence-electron chi connectivity index (χ3n) is 2.93. The van der Waals surface area contributed by atoms with Crippen LogP contribution < -0.4 is 10.2 Å². The fourth-order valence-corrected chi connectivity index (χ4v) is 2.66. The van der Waals surface area contributed by atoms with E-state index < -0.39 is 0 Å². The summed E-state index contributed by atoms with van der Waals surface area (Å²) in [5.41, 5.74) is 1.18. The van der Waals surface area contributed by atoms with Crippen LogP contribution in [0.25, 0.3) is 0 Å². The lowest BCUT2D eigenvalue weighted by atomic mass is 10.3. The first kappa shape index (κ1) is 15.4. The molecule has 3 nitrogen and oxygen atoms in total. The summed E-state index contributed by atoms with van der Waals surface area (Å²) >= 11 is 1.78. The van der Waals surface area contributed by atoms with Crippen molar-refractivity contribution in [1.29, 1.82) is 0 Å². The summed E-state index contributed by atoms with van der Waals surface area (Å²) in [4.78, 5) is 7.19. The average molecular weight is 269 g/mol. The largest absolute Gasteiger partial charge is 0.348 e. The number of aromatic nitrogens is 1. The molecule has 0 spiro atoms. The van der Waals surface area contributed by atoms with Crippen molar-refractivity contribution in [1.82, 2.24) is 10.3 Å². The van der Waals surface area contributed by atoms with Crippen LogP contribution in [-0.4, -0.2) is 24.6 Å². The van der Waals surface area contributed by atoms with Crippen LogP contribution in [0, 0.1) is 0 Å². The Hall–Kier alpha value is -0.610. The van der Waals surface area contributed by atoms with Crippen LogP contribution in [0.2, 0.25) is 0 Å². The lowest BCUT2D eigenvalue weighted by Gasteiger charge is -2.21. The van der Waals surface area contributed by atoms with Crippen molar-refractivity contribution in [3.63, 3.8) is 0 Å². The minimum atomic E-state index is 0.891. The highest BCUT2D eigenvalue weighted by Crippen LogP contribution is 2.21. The van der Waals surface area contributed by atoms with Crippen LogP contribution in [0.1, 0.15) is 52.1 Å². The maximum atomic E-state index is 4.74. The van der Waals surface area contributed by atoms with Crippen molar-refractivity contribution in [2.24, 2.45) is 0 Å². The highest BCUT2D eigenvalue weighted by molar-refractivity contribution is 7.13. The lowest BCUT2D eigenvalue weighted by molar-refractivity contribution is 0.671. The van der Waals surface area contributed by atoms with Crippen LogP contribution >= 0.6 is 11.3 Å². The number of hydrogen-bond donors (Lipinski definition) is 1. The van der Waals surface area contributed by atoms with E-state index >= 15 is 0 Å². The monoisotopic (exact) mass is 269 g/mol. The summed E-state index contributed by atoms with van der Waals surface area (Å²) in [6.07, 6.45) is 5.01. The van der Waals surface area contributed by atoms with Gasteiger partial charge in [-0.05, 0) is 19.4 Å². The number of hydrogen-bond acceptors (Lipinski definition) is 4. The van der Waals surface area contributed by atoms with Gasteiger partial charge < -0.3 is 10.2 Å². The predicted molar refractivity (Wildman–Crippen MR) is 81.5 cm³/mol. The van der Waals surface area contributed by atoms with Gasteiger partial charge in [-0.3, -0.25) is 0 Å². The molecule has 1 aromatic heterocycles. The molecule has 0 radical (unpaired) electrons. The molecule has 18 heavy (non-hydrogen) atoms. The van der Waals surface area contributed by atoms with Gasteiger partial charge in [0.25, 0.3) is 0 Å². The number of anilines is 1. The normalized spacial score (nSPS) is 10.8. The molecule has 0 saturated heterocycles. The molecule has 0 saturated carbocycles. The van der Waals surface area contributed by atoms with Gasteiger partial charge in [0.15, 0.2) is 5.13 Å². The number of thiazole rings is 1. The molecule has 0 fully saturated rings. The predicted octanol–water partition coefficient (Wildman–Crippen LogP) is 3.66. The highest BCUT2D eigenvalue weighted by Gasteiger charge is 2.10. The Bertz CT molecular complexity index is 304. The smallest absolute Gasteiger partial charge is 0.185 e. The maximum Gasteiger partial charge on any atom is 0.185 e. The van der Waals surface area contributed by atoms with Crippen molar-refractivity contribution in [2.75, 3.05) is 24.5 Å². The lowest BCUT2D eigenvalue weighted by Crippen LogP contribution is -2.25. The van der Waals surface area contributed by atoms with E-state index in [0.29, 0.717) is 0 Å². The van der Waals surface area contributed by atoms with Gasteiger partial charge in [0, 0.05) is 25.0 Å². The Morgan fingerprint density at radius 2 is 1.83 bits per heavy atom. The Morgan fingerprint density at radius 3 is 2.39 bits per heavy atom. The molecular weight excluding hydrogens is 242 g/mol. The second-order valence-corrected chi connectivity index (χ2v) is 5.43. The molecule has 0 aliphatic carbocycles. The van der Waals surface area contributed by atoms with E-state index in [0.717, 1.165) is 26.2 Å². The van der Waals surface area contributed by atoms with E-state index in [4.69, 9.17) is 4.98 Å². The van der Waals surface area contributed by atoms with Gasteiger partial charge >= 0.3 is 0 Å². The van der Waals surface area contributed by atoms with Gasteiger partial charge in [-0.1, -0.05) is 33.6 Å². The van der Waals surface area contributed by atoms with Crippen molar-refractivity contribution < 1.29 is 0 Å². The topological polar surface area (TPSA) is 28.2 Å². The average Bonchev–Trinajstić information content (AvgIpc) is 2.85. The standard InChI is InChI=1S/C14H27N3S/c1-4-7-9-17(10-8-5-2)14-16-13(12-18-14)11-15-6-3/h12,15H,4-11H2,1-3H3. The molecule has 0 aliphatic rings. The molecule has 1 rings (SSSR count). The van der Waals surface area contributed by atoms with E-state index in [-0.39, 0.29) is 0 Å². The number of nitrogens with zero attached hydrogens (tertiary/aromatic N) is 2. The number of rotatable bonds is 10. The molecule has 0 bridgehead atoms. The fourth-order valence-electron chi connectivity index (χ4n) is 1.78. The van der Waals surface area contributed by atoms with Crippen LogP contribution in [0.3, 0.4) is 0 Å². The van der Waals surface area contributed by atoms with E-state index in [1.54, 1.807) is 11.3 Å². The van der Waals surface area contributed by atoms with E-state index in [2.05, 4.69) is 36.4 Å². The van der Waals surface area contributed by atoms with Crippen molar-refractivity contribution in [3.05, 3.63) is 11.1 Å². The summed E-state index contributed by atoms with van der Waals surface area (Å²) in [7, 11) is 0. The van der Waals surface area contributed by atoms with E-state index in [1.165, 1.54) is 36.5 Å². The first-order valence-electron chi connectivity index (χ1n) is 7.21. The van der Waals surface area contributed by atoms with Gasteiger partial charge in [-0.25, -0.2) is 4.98 Å². The van der Waals surface area contributed by atoms with E-state index in [9.17, 15) is 0 Å². The maximum absolute atomic E-state index is 4.74. The molecule has 1 heterocycles.